The van der Waals surface area contributed by atoms with E-state index in [1.165, 1.54) is 29.6 Å². The van der Waals surface area contributed by atoms with Crippen molar-refractivity contribution < 1.29 is 18.7 Å². The van der Waals surface area contributed by atoms with Gasteiger partial charge in [-0.3, -0.25) is 4.79 Å². The Bertz CT molecular complexity index is 1410. The van der Waals surface area contributed by atoms with Crippen molar-refractivity contribution in [1.82, 2.24) is 25.4 Å². The SMILES string of the molecule is CC(C)N(C(=O)c1cccc(F)c1Oc1nncnc1N1CC2(CC(Oc3cccc4c3CNC4)C2)C1)C(C)C. The minimum Gasteiger partial charge on any atom is -0.490 e. The molecular weight excluding hydrogens is 511 g/mol. The number of hydrogen-bond donors (Lipinski definition) is 1. The summed E-state index contributed by atoms with van der Waals surface area (Å²) in [5.41, 5.74) is 2.87. The number of nitrogens with one attached hydrogen (secondary N) is 1. The first-order valence-electron chi connectivity index (χ1n) is 13.9. The average molecular weight is 547 g/mol. The van der Waals surface area contributed by atoms with Crippen LogP contribution in [0, 0.1) is 11.2 Å². The molecule has 1 aliphatic carbocycles. The van der Waals surface area contributed by atoms with Crippen LogP contribution in [0.1, 0.15) is 62.0 Å². The van der Waals surface area contributed by atoms with Gasteiger partial charge in [-0.25, -0.2) is 9.37 Å². The van der Waals surface area contributed by atoms with Crippen molar-refractivity contribution in [2.45, 2.75) is 71.8 Å². The van der Waals surface area contributed by atoms with Gasteiger partial charge < -0.3 is 24.6 Å². The van der Waals surface area contributed by atoms with Crippen LogP contribution < -0.4 is 19.7 Å². The van der Waals surface area contributed by atoms with E-state index in [4.69, 9.17) is 9.47 Å². The third kappa shape index (κ3) is 4.74. The van der Waals surface area contributed by atoms with Crippen LogP contribution in [0.15, 0.2) is 42.7 Å². The first kappa shape index (κ1) is 26.4. The van der Waals surface area contributed by atoms with Gasteiger partial charge in [-0.2, -0.15) is 0 Å². The standard InChI is InChI=1S/C30H35FN6O3/c1-18(2)37(19(3)4)29(38)22-8-6-9-24(31)26(22)40-28-27(33-17-34-35-28)36-15-30(16-36)11-21(12-30)39-25-10-5-7-20-13-32-14-23(20)25/h5-10,17-19,21,32H,11-16H2,1-4H3. The van der Waals surface area contributed by atoms with Crippen molar-refractivity contribution >= 4 is 11.7 Å². The summed E-state index contributed by atoms with van der Waals surface area (Å²) in [7, 11) is 0. The Kier molecular flexibility index (Phi) is 6.82. The second-order valence-electron chi connectivity index (χ2n) is 11.7. The van der Waals surface area contributed by atoms with Crippen LogP contribution >= 0.6 is 0 Å². The van der Waals surface area contributed by atoms with Gasteiger partial charge in [-0.05, 0) is 64.3 Å². The number of fused-ring (bicyclic) bond motifs is 1. The normalized spacial score (nSPS) is 17.5. The molecule has 1 aromatic heterocycles. The van der Waals surface area contributed by atoms with E-state index in [1.807, 2.05) is 27.7 Å². The van der Waals surface area contributed by atoms with E-state index in [1.54, 1.807) is 11.0 Å². The van der Waals surface area contributed by atoms with Crippen LogP contribution in [-0.4, -0.2) is 57.3 Å². The second kappa shape index (κ2) is 10.3. The molecule has 210 valence electrons. The molecule has 1 N–H and O–H groups in total. The molecule has 1 spiro atoms. The Hall–Kier alpha value is -3.79. The van der Waals surface area contributed by atoms with E-state index in [-0.39, 0.29) is 46.7 Å². The molecule has 0 bridgehead atoms. The summed E-state index contributed by atoms with van der Waals surface area (Å²) in [6.45, 7) is 11.0. The van der Waals surface area contributed by atoms with Gasteiger partial charge in [-0.1, -0.05) is 18.2 Å². The largest absolute Gasteiger partial charge is 0.490 e. The molecule has 10 heteroatoms. The van der Waals surface area contributed by atoms with E-state index in [9.17, 15) is 4.79 Å². The summed E-state index contributed by atoms with van der Waals surface area (Å²) in [6.07, 6.45) is 3.46. The Morgan fingerprint density at radius 2 is 1.85 bits per heavy atom. The fourth-order valence-corrected chi connectivity index (χ4v) is 6.37. The zero-order valence-corrected chi connectivity index (χ0v) is 23.4. The minimum absolute atomic E-state index is 0.0654. The van der Waals surface area contributed by atoms with Gasteiger partial charge in [0.1, 0.15) is 18.2 Å². The zero-order chi connectivity index (χ0) is 28.0. The molecule has 1 saturated carbocycles. The monoisotopic (exact) mass is 546 g/mol. The maximum atomic E-state index is 15.1. The quantitative estimate of drug-likeness (QED) is 0.434. The van der Waals surface area contributed by atoms with Crippen LogP contribution in [0.2, 0.25) is 0 Å². The number of ether oxygens (including phenoxy) is 2. The lowest BCUT2D eigenvalue weighted by Gasteiger charge is -2.58. The lowest BCUT2D eigenvalue weighted by atomic mass is 9.61. The number of benzene rings is 2. The van der Waals surface area contributed by atoms with Crippen LogP contribution in [0.3, 0.4) is 0 Å². The van der Waals surface area contributed by atoms with Gasteiger partial charge in [-0.15, -0.1) is 10.2 Å². The molecule has 1 amide bonds. The van der Waals surface area contributed by atoms with Crippen LogP contribution in [-0.2, 0) is 13.1 Å². The van der Waals surface area contributed by atoms with E-state index < -0.39 is 5.82 Å². The molecule has 3 aromatic rings. The lowest BCUT2D eigenvalue weighted by molar-refractivity contribution is -0.0348. The highest BCUT2D eigenvalue weighted by Gasteiger charge is 2.54. The number of amides is 1. The molecule has 2 aliphatic heterocycles. The summed E-state index contributed by atoms with van der Waals surface area (Å²) in [4.78, 5) is 21.6. The fraction of sp³-hybridized carbons (Fsp3) is 0.467. The fourth-order valence-electron chi connectivity index (χ4n) is 6.37. The number of nitrogens with zero attached hydrogens (tertiary/aromatic N) is 5. The summed E-state index contributed by atoms with van der Waals surface area (Å²) in [6, 6.07) is 10.5. The maximum absolute atomic E-state index is 15.1. The van der Waals surface area contributed by atoms with Crippen molar-refractivity contribution in [3.8, 4) is 17.4 Å². The van der Waals surface area contributed by atoms with E-state index in [0.717, 1.165) is 44.8 Å². The number of hydrogen-bond acceptors (Lipinski definition) is 8. The van der Waals surface area contributed by atoms with Crippen molar-refractivity contribution in [2.24, 2.45) is 5.41 Å². The van der Waals surface area contributed by atoms with Gasteiger partial charge in [0, 0.05) is 49.2 Å². The van der Waals surface area contributed by atoms with Crippen molar-refractivity contribution in [3.05, 3.63) is 65.2 Å². The van der Waals surface area contributed by atoms with E-state index in [0.29, 0.717) is 5.82 Å². The number of rotatable bonds is 8. The van der Waals surface area contributed by atoms with Crippen molar-refractivity contribution in [3.63, 3.8) is 0 Å². The van der Waals surface area contributed by atoms with Gasteiger partial charge in [0.15, 0.2) is 17.4 Å². The molecule has 0 atom stereocenters. The molecule has 2 aromatic carbocycles. The second-order valence-corrected chi connectivity index (χ2v) is 11.7. The van der Waals surface area contributed by atoms with Crippen molar-refractivity contribution in [2.75, 3.05) is 18.0 Å². The first-order valence-corrected chi connectivity index (χ1v) is 13.9. The molecule has 3 aliphatic rings. The predicted molar refractivity (Wildman–Crippen MR) is 148 cm³/mol. The molecule has 40 heavy (non-hydrogen) atoms. The minimum atomic E-state index is -0.642. The van der Waals surface area contributed by atoms with Crippen LogP contribution in [0.4, 0.5) is 10.2 Å². The molecule has 1 saturated heterocycles. The number of halogens is 1. The Balaban J connectivity index is 1.15. The molecule has 0 unspecified atom stereocenters. The summed E-state index contributed by atoms with van der Waals surface area (Å²) >= 11 is 0. The summed E-state index contributed by atoms with van der Waals surface area (Å²) in [5, 5.41) is 11.4. The third-order valence-electron chi connectivity index (χ3n) is 8.13. The number of carbonyl (C=O) groups excluding carboxylic acids is 1. The van der Waals surface area contributed by atoms with E-state index >= 15 is 4.39 Å². The first-order chi connectivity index (χ1) is 19.2. The zero-order valence-electron chi connectivity index (χ0n) is 23.4. The number of anilines is 1. The highest BCUT2D eigenvalue weighted by atomic mass is 19.1. The highest BCUT2D eigenvalue weighted by Crippen LogP contribution is 2.52. The molecule has 0 radical (unpaired) electrons. The average Bonchev–Trinajstić information content (AvgIpc) is 3.36. The van der Waals surface area contributed by atoms with Crippen LogP contribution in [0.25, 0.3) is 0 Å². The molecular formula is C30H35FN6O3. The van der Waals surface area contributed by atoms with Gasteiger partial charge in [0.05, 0.1) is 5.56 Å². The van der Waals surface area contributed by atoms with Gasteiger partial charge >= 0.3 is 0 Å². The molecule has 3 heterocycles. The Labute approximate surface area is 233 Å². The summed E-state index contributed by atoms with van der Waals surface area (Å²) < 4.78 is 27.4. The smallest absolute Gasteiger partial charge is 0.282 e. The maximum Gasteiger partial charge on any atom is 0.282 e. The van der Waals surface area contributed by atoms with Gasteiger partial charge in [0.25, 0.3) is 11.8 Å². The lowest BCUT2D eigenvalue weighted by Crippen LogP contribution is -2.65. The molecule has 2 fully saturated rings. The number of para-hydroxylation sites is 1. The molecule has 6 rings (SSSR count). The van der Waals surface area contributed by atoms with Gasteiger partial charge in [0.2, 0.25) is 0 Å². The predicted octanol–water partition coefficient (Wildman–Crippen LogP) is 4.71. The highest BCUT2D eigenvalue weighted by molar-refractivity contribution is 5.97. The topological polar surface area (TPSA) is 92.7 Å². The summed E-state index contributed by atoms with van der Waals surface area (Å²) in [5.74, 6) is 0.440. The van der Waals surface area contributed by atoms with E-state index in [2.05, 4.69) is 43.6 Å². The molecule has 9 nitrogen and oxygen atoms in total. The number of aromatic nitrogens is 3. The Morgan fingerprint density at radius 3 is 2.60 bits per heavy atom. The van der Waals surface area contributed by atoms with Crippen molar-refractivity contribution in [1.29, 1.82) is 0 Å². The Morgan fingerprint density at radius 1 is 1.10 bits per heavy atom. The number of carbonyl (C=O) groups is 1. The third-order valence-corrected chi connectivity index (χ3v) is 8.13. The van der Waals surface area contributed by atoms with Crippen LogP contribution in [0.5, 0.6) is 17.4 Å².